The molecule has 7 nitrogen and oxygen atoms in total. The van der Waals surface area contributed by atoms with Crippen LogP contribution in [-0.2, 0) is 0 Å². The number of pyridine rings is 1. The van der Waals surface area contributed by atoms with Crippen LogP contribution in [0.5, 0.6) is 0 Å². The number of nitrogens with zero attached hydrogens (tertiary/aromatic N) is 6. The van der Waals surface area contributed by atoms with Crippen LogP contribution in [0, 0.1) is 0 Å². The fourth-order valence-corrected chi connectivity index (χ4v) is 4.39. The summed E-state index contributed by atoms with van der Waals surface area (Å²) in [6.07, 6.45) is 3.00. The number of para-hydroxylation sites is 1. The molecule has 1 N–H and O–H groups in total. The van der Waals surface area contributed by atoms with Crippen LogP contribution in [0.25, 0.3) is 0 Å². The third-order valence-corrected chi connectivity index (χ3v) is 6.19. The monoisotopic (exact) mass is 549 g/mol. The Kier molecular flexibility index (Phi) is 9.86. The van der Waals surface area contributed by atoms with Crippen LogP contribution >= 0.6 is 24.0 Å². The van der Waals surface area contributed by atoms with Gasteiger partial charge in [-0.25, -0.2) is 4.98 Å². The maximum Gasteiger partial charge on any atom is 0.193 e. The van der Waals surface area contributed by atoms with Gasteiger partial charge in [-0.2, -0.15) is 0 Å². The lowest BCUT2D eigenvalue weighted by Gasteiger charge is -2.37. The van der Waals surface area contributed by atoms with Gasteiger partial charge < -0.3 is 20.0 Å². The van der Waals surface area contributed by atoms with E-state index in [-0.39, 0.29) is 24.0 Å². The second-order valence-electron chi connectivity index (χ2n) is 8.15. The summed E-state index contributed by atoms with van der Waals surface area (Å²) in [5, 5.41) is 3.57. The summed E-state index contributed by atoms with van der Waals surface area (Å²) in [7, 11) is 1.89. The lowest BCUT2D eigenvalue weighted by atomic mass is 10.2. The van der Waals surface area contributed by atoms with Crippen molar-refractivity contribution in [1.82, 2.24) is 20.1 Å². The zero-order chi connectivity index (χ0) is 21.3. The summed E-state index contributed by atoms with van der Waals surface area (Å²) in [5.41, 5.74) is 1.34. The number of piperazine rings is 2. The Morgan fingerprint density at radius 2 is 1.56 bits per heavy atom. The summed E-state index contributed by atoms with van der Waals surface area (Å²) in [6.45, 7) is 10.5. The van der Waals surface area contributed by atoms with E-state index in [4.69, 9.17) is 0 Å². The Hall–Kier alpha value is -2.07. The molecule has 2 fully saturated rings. The minimum Gasteiger partial charge on any atom is -0.369 e. The molecule has 2 aliphatic rings. The van der Waals surface area contributed by atoms with Gasteiger partial charge in [0, 0.05) is 77.8 Å². The average Bonchev–Trinajstić information content (AvgIpc) is 2.86. The Labute approximate surface area is 209 Å². The third kappa shape index (κ3) is 6.71. The summed E-state index contributed by atoms with van der Waals surface area (Å²) < 4.78 is 0. The van der Waals surface area contributed by atoms with E-state index >= 15 is 0 Å². The van der Waals surface area contributed by atoms with Crippen LogP contribution in [0.1, 0.15) is 6.42 Å². The lowest BCUT2D eigenvalue weighted by Crippen LogP contribution is -2.53. The molecule has 174 valence electrons. The molecule has 1 aromatic carbocycles. The van der Waals surface area contributed by atoms with Gasteiger partial charge in [-0.1, -0.05) is 24.3 Å². The van der Waals surface area contributed by atoms with Crippen molar-refractivity contribution in [3.8, 4) is 0 Å². The molecule has 1 aromatic heterocycles. The maximum atomic E-state index is 4.51. The van der Waals surface area contributed by atoms with Crippen LogP contribution in [0.4, 0.5) is 11.5 Å². The van der Waals surface area contributed by atoms with Gasteiger partial charge in [0.25, 0.3) is 0 Å². The number of guanidine groups is 1. The molecule has 3 heterocycles. The molecular formula is C24H36IN7. The summed E-state index contributed by atoms with van der Waals surface area (Å²) >= 11 is 0. The molecule has 0 saturated carbocycles. The highest BCUT2D eigenvalue weighted by Crippen LogP contribution is 2.15. The highest BCUT2D eigenvalue weighted by Gasteiger charge is 2.20. The number of benzene rings is 1. The Balaban J connectivity index is 0.00000289. The van der Waals surface area contributed by atoms with Crippen molar-refractivity contribution in [3.05, 3.63) is 54.7 Å². The second kappa shape index (κ2) is 12.8. The Morgan fingerprint density at radius 1 is 0.875 bits per heavy atom. The van der Waals surface area contributed by atoms with Gasteiger partial charge in [0.15, 0.2) is 5.96 Å². The molecule has 2 aromatic rings. The number of halogens is 1. The standard InChI is InChI=1S/C24H35N7.HI/c1-25-24(31-20-18-30(19-21-31)23-10-5-6-11-26-23)27-12-7-13-28-14-16-29(17-15-28)22-8-3-2-4-9-22;/h2-6,8-11H,7,12-21H2,1H3,(H,25,27);1H. The molecule has 2 aliphatic heterocycles. The smallest absolute Gasteiger partial charge is 0.193 e. The van der Waals surface area contributed by atoms with Crippen molar-refractivity contribution < 1.29 is 0 Å². The van der Waals surface area contributed by atoms with E-state index in [1.54, 1.807) is 0 Å². The van der Waals surface area contributed by atoms with Crippen LogP contribution in [0.15, 0.2) is 59.7 Å². The minimum atomic E-state index is 0. The molecule has 0 spiro atoms. The van der Waals surface area contributed by atoms with Gasteiger partial charge in [-0.05, 0) is 37.2 Å². The van der Waals surface area contributed by atoms with E-state index in [9.17, 15) is 0 Å². The van der Waals surface area contributed by atoms with E-state index in [0.717, 1.165) is 83.6 Å². The molecule has 0 aliphatic carbocycles. The topological polar surface area (TPSA) is 50.2 Å². The molecule has 4 rings (SSSR count). The predicted octanol–water partition coefficient (Wildman–Crippen LogP) is 2.61. The number of aromatic nitrogens is 1. The Bertz CT molecular complexity index is 802. The number of rotatable bonds is 6. The molecule has 0 radical (unpaired) electrons. The van der Waals surface area contributed by atoms with Crippen molar-refractivity contribution >= 4 is 41.4 Å². The van der Waals surface area contributed by atoms with Crippen LogP contribution < -0.4 is 15.1 Å². The maximum absolute atomic E-state index is 4.51. The van der Waals surface area contributed by atoms with Crippen molar-refractivity contribution in [2.75, 3.05) is 82.3 Å². The van der Waals surface area contributed by atoms with Crippen LogP contribution in [0.3, 0.4) is 0 Å². The highest BCUT2D eigenvalue weighted by molar-refractivity contribution is 14.0. The van der Waals surface area contributed by atoms with E-state index in [2.05, 4.69) is 77.4 Å². The highest BCUT2D eigenvalue weighted by atomic mass is 127. The SMILES string of the molecule is CN=C(NCCCN1CCN(c2ccccc2)CC1)N1CCN(c2ccccn2)CC1.I. The van der Waals surface area contributed by atoms with Gasteiger partial charge in [0.1, 0.15) is 5.82 Å². The zero-order valence-electron chi connectivity index (χ0n) is 19.1. The number of hydrogen-bond donors (Lipinski definition) is 1. The summed E-state index contributed by atoms with van der Waals surface area (Å²) in [4.78, 5) is 18.8. The molecule has 8 heteroatoms. The fourth-order valence-electron chi connectivity index (χ4n) is 4.39. The number of hydrogen-bond acceptors (Lipinski definition) is 5. The number of anilines is 2. The fraction of sp³-hybridized carbons (Fsp3) is 0.500. The van der Waals surface area contributed by atoms with Crippen molar-refractivity contribution in [2.24, 2.45) is 4.99 Å². The van der Waals surface area contributed by atoms with Gasteiger partial charge in [-0.15, -0.1) is 24.0 Å². The molecule has 0 amide bonds. The van der Waals surface area contributed by atoms with Crippen LogP contribution in [0.2, 0.25) is 0 Å². The number of nitrogens with one attached hydrogen (secondary N) is 1. The van der Waals surface area contributed by atoms with Crippen LogP contribution in [-0.4, -0.2) is 93.2 Å². The van der Waals surface area contributed by atoms with Gasteiger partial charge in [0.05, 0.1) is 0 Å². The van der Waals surface area contributed by atoms with Gasteiger partial charge in [0.2, 0.25) is 0 Å². The van der Waals surface area contributed by atoms with E-state index in [1.165, 1.54) is 5.69 Å². The van der Waals surface area contributed by atoms with Crippen molar-refractivity contribution in [2.45, 2.75) is 6.42 Å². The first kappa shape index (κ1) is 24.6. The molecular weight excluding hydrogens is 513 g/mol. The molecule has 0 unspecified atom stereocenters. The first-order valence-electron chi connectivity index (χ1n) is 11.5. The van der Waals surface area contributed by atoms with E-state index in [0.29, 0.717) is 0 Å². The van der Waals surface area contributed by atoms with E-state index in [1.807, 2.05) is 19.3 Å². The zero-order valence-corrected chi connectivity index (χ0v) is 21.4. The molecule has 0 atom stereocenters. The Morgan fingerprint density at radius 3 is 2.22 bits per heavy atom. The lowest BCUT2D eigenvalue weighted by molar-refractivity contribution is 0.255. The van der Waals surface area contributed by atoms with E-state index < -0.39 is 0 Å². The third-order valence-electron chi connectivity index (χ3n) is 6.19. The molecule has 32 heavy (non-hydrogen) atoms. The predicted molar refractivity (Wildman–Crippen MR) is 145 cm³/mol. The first-order valence-corrected chi connectivity index (χ1v) is 11.5. The molecule has 2 saturated heterocycles. The largest absolute Gasteiger partial charge is 0.369 e. The van der Waals surface area contributed by atoms with Gasteiger partial charge in [-0.3, -0.25) is 9.89 Å². The van der Waals surface area contributed by atoms with Crippen molar-refractivity contribution in [3.63, 3.8) is 0 Å². The normalized spacial score (nSPS) is 17.8. The quantitative estimate of drug-likeness (QED) is 0.259. The minimum absolute atomic E-state index is 0. The first-order chi connectivity index (χ1) is 15.3. The average molecular weight is 550 g/mol. The summed E-state index contributed by atoms with van der Waals surface area (Å²) in [6, 6.07) is 16.9. The van der Waals surface area contributed by atoms with Crippen molar-refractivity contribution in [1.29, 1.82) is 0 Å². The second-order valence-corrected chi connectivity index (χ2v) is 8.15. The number of aliphatic imine (C=N–C) groups is 1. The molecule has 0 bridgehead atoms. The summed E-state index contributed by atoms with van der Waals surface area (Å²) in [5.74, 6) is 2.09. The van der Waals surface area contributed by atoms with Gasteiger partial charge >= 0.3 is 0 Å².